The summed E-state index contributed by atoms with van der Waals surface area (Å²) >= 11 is 5.99. The molecule has 2 atom stereocenters. The van der Waals surface area contributed by atoms with Crippen LogP contribution in [0, 0.1) is 20.8 Å². The first-order valence-corrected chi connectivity index (χ1v) is 15.1. The number of anilines is 3. The summed E-state index contributed by atoms with van der Waals surface area (Å²) in [5.74, 6) is -0.00475. The molecule has 218 valence electrons. The maximum absolute atomic E-state index is 12.1. The second-order valence-electron chi connectivity index (χ2n) is 10.7. The fourth-order valence-electron chi connectivity index (χ4n) is 6.01. The molecule has 1 saturated heterocycles. The summed E-state index contributed by atoms with van der Waals surface area (Å²) in [6.45, 7) is 14.5. The third kappa shape index (κ3) is 5.51. The molecule has 5 rings (SSSR count). The van der Waals surface area contributed by atoms with Crippen LogP contribution in [0.3, 0.4) is 0 Å². The van der Waals surface area contributed by atoms with Gasteiger partial charge >= 0.3 is 0 Å². The summed E-state index contributed by atoms with van der Waals surface area (Å²) in [5, 5.41) is 7.23. The van der Waals surface area contributed by atoms with Crippen LogP contribution in [0.5, 0.6) is 0 Å². The monoisotopic (exact) mass is 580 g/mol. The Labute approximate surface area is 254 Å². The Balaban J connectivity index is 1.59. The Hall–Kier alpha value is -4.17. The minimum absolute atomic E-state index is 0.00475. The number of benzene rings is 2. The minimum Gasteiger partial charge on any atom is -0.372 e. The fourth-order valence-corrected chi connectivity index (χ4v) is 6.36. The lowest BCUT2D eigenvalue weighted by molar-refractivity contribution is -0.115. The molecule has 4 aromatic rings. The van der Waals surface area contributed by atoms with E-state index in [2.05, 4.69) is 95.2 Å². The van der Waals surface area contributed by atoms with Crippen molar-refractivity contribution < 1.29 is 4.79 Å². The van der Waals surface area contributed by atoms with Crippen LogP contribution in [0.2, 0.25) is 0 Å². The second-order valence-corrected chi connectivity index (χ2v) is 11.1. The molecule has 42 heavy (non-hydrogen) atoms. The predicted octanol–water partition coefficient (Wildman–Crippen LogP) is 7.17. The molecule has 2 N–H and O–H groups in total. The lowest BCUT2D eigenvalue weighted by Crippen LogP contribution is -2.29. The number of rotatable bonds is 9. The lowest BCUT2D eigenvalue weighted by atomic mass is 9.96. The number of nitrogens with zero attached hydrogens (tertiary/aromatic N) is 4. The Morgan fingerprint density at radius 1 is 0.976 bits per heavy atom. The minimum atomic E-state index is -0.141. The molecule has 0 spiro atoms. The zero-order valence-electron chi connectivity index (χ0n) is 25.3. The van der Waals surface area contributed by atoms with Gasteiger partial charge in [0.15, 0.2) is 5.11 Å². The Morgan fingerprint density at radius 2 is 1.69 bits per heavy atom. The number of hydrogen-bond donors (Lipinski definition) is 2. The van der Waals surface area contributed by atoms with Gasteiger partial charge < -0.3 is 25.0 Å². The highest BCUT2D eigenvalue weighted by molar-refractivity contribution is 7.80. The Kier molecular flexibility index (Phi) is 8.64. The summed E-state index contributed by atoms with van der Waals surface area (Å²) in [5.41, 5.74) is 9.56. The Bertz CT molecular complexity index is 1580. The molecule has 1 amide bonds. The van der Waals surface area contributed by atoms with Gasteiger partial charge in [0.2, 0.25) is 5.91 Å². The molecule has 8 heteroatoms. The number of hydrogen-bond acceptors (Lipinski definition) is 4. The number of aromatic nitrogens is 2. The molecule has 0 saturated carbocycles. The maximum Gasteiger partial charge on any atom is 0.224 e. The number of thiocarbonyl (C=S) groups is 1. The van der Waals surface area contributed by atoms with Crippen molar-refractivity contribution in [2.45, 2.75) is 60.0 Å². The molecule has 1 aliphatic rings. The first kappa shape index (κ1) is 29.3. The summed E-state index contributed by atoms with van der Waals surface area (Å²) in [6.07, 6.45) is 2.26. The molecule has 7 nitrogen and oxygen atoms in total. The summed E-state index contributed by atoms with van der Waals surface area (Å²) in [6, 6.07) is 22.9. The van der Waals surface area contributed by atoms with E-state index < -0.39 is 0 Å². The first-order chi connectivity index (χ1) is 20.3. The van der Waals surface area contributed by atoms with Gasteiger partial charge in [-0.2, -0.15) is 0 Å². The SMILES string of the molecule is CCC(=O)Nc1ccc(N2C(=S)N[C@@H](c3ccccn3)[C@@H]2c2cc(C)n(-c3ccc(N(CC)CC)cc3)c2C)cc1C. The topological polar surface area (TPSA) is 65.4 Å². The van der Waals surface area contributed by atoms with E-state index in [4.69, 9.17) is 17.2 Å². The standard InChI is InChI=1S/C34H40N6OS/c1-7-31(41)36-29-18-17-27(20-22(29)4)40-33(32(37-34(40)42)30-12-10-11-19-35-30)28-21-23(5)39(24(28)6)26-15-13-25(14-16-26)38(8-2)9-3/h10-21,32-33H,7-9H2,1-6H3,(H,36,41)(H,37,42)/t32-,33-/m0/s1. The molecule has 1 aliphatic heterocycles. The third-order valence-corrected chi connectivity index (χ3v) is 8.52. The number of aryl methyl sites for hydroxylation is 2. The van der Waals surface area contributed by atoms with Crippen molar-refractivity contribution in [3.63, 3.8) is 0 Å². The summed E-state index contributed by atoms with van der Waals surface area (Å²) < 4.78 is 2.32. The van der Waals surface area contributed by atoms with Crippen molar-refractivity contribution in [2.75, 3.05) is 28.2 Å². The molecule has 3 heterocycles. The van der Waals surface area contributed by atoms with E-state index in [1.54, 1.807) is 0 Å². The summed E-state index contributed by atoms with van der Waals surface area (Å²) in [7, 11) is 0. The zero-order valence-corrected chi connectivity index (χ0v) is 26.1. The third-order valence-electron chi connectivity index (χ3n) is 8.21. The highest BCUT2D eigenvalue weighted by Gasteiger charge is 2.42. The van der Waals surface area contributed by atoms with Gasteiger partial charge in [-0.1, -0.05) is 13.0 Å². The number of carbonyl (C=O) groups excluding carboxylic acids is 1. The molecule has 0 unspecified atom stereocenters. The van der Waals surface area contributed by atoms with Gasteiger partial charge in [-0.3, -0.25) is 9.78 Å². The maximum atomic E-state index is 12.1. The number of nitrogens with one attached hydrogen (secondary N) is 2. The van der Waals surface area contributed by atoms with Crippen molar-refractivity contribution in [3.8, 4) is 5.69 Å². The predicted molar refractivity (Wildman–Crippen MR) is 177 cm³/mol. The van der Waals surface area contributed by atoms with Gasteiger partial charge in [0, 0.05) is 59.8 Å². The van der Waals surface area contributed by atoms with E-state index in [0.717, 1.165) is 52.8 Å². The molecule has 1 fully saturated rings. The van der Waals surface area contributed by atoms with Gasteiger partial charge in [0.25, 0.3) is 0 Å². The number of pyridine rings is 1. The van der Waals surface area contributed by atoms with Crippen LogP contribution in [-0.4, -0.2) is 33.7 Å². The van der Waals surface area contributed by atoms with E-state index in [1.165, 1.54) is 11.3 Å². The van der Waals surface area contributed by atoms with Crippen LogP contribution in [0.1, 0.15) is 67.5 Å². The van der Waals surface area contributed by atoms with Crippen molar-refractivity contribution >= 4 is 40.3 Å². The highest BCUT2D eigenvalue weighted by atomic mass is 32.1. The van der Waals surface area contributed by atoms with E-state index in [1.807, 2.05) is 44.3 Å². The van der Waals surface area contributed by atoms with Gasteiger partial charge in [0.1, 0.15) is 0 Å². The number of amides is 1. The van der Waals surface area contributed by atoms with Gasteiger partial charge in [0.05, 0.1) is 17.8 Å². The average molecular weight is 581 g/mol. The average Bonchev–Trinajstić information content (AvgIpc) is 3.50. The first-order valence-electron chi connectivity index (χ1n) is 14.7. The van der Waals surface area contributed by atoms with Crippen molar-refractivity contribution in [1.82, 2.24) is 14.9 Å². The van der Waals surface area contributed by atoms with E-state index >= 15 is 0 Å². The van der Waals surface area contributed by atoms with Crippen molar-refractivity contribution in [3.05, 3.63) is 101 Å². The summed E-state index contributed by atoms with van der Waals surface area (Å²) in [4.78, 5) is 21.3. The number of carbonyl (C=O) groups is 1. The zero-order chi connectivity index (χ0) is 30.0. The van der Waals surface area contributed by atoms with Crippen LogP contribution >= 0.6 is 12.2 Å². The Morgan fingerprint density at radius 3 is 2.31 bits per heavy atom. The van der Waals surface area contributed by atoms with E-state index in [-0.39, 0.29) is 18.0 Å². The molecular weight excluding hydrogens is 540 g/mol. The quantitative estimate of drug-likeness (QED) is 0.205. The van der Waals surface area contributed by atoms with Crippen LogP contribution in [-0.2, 0) is 4.79 Å². The van der Waals surface area contributed by atoms with Crippen molar-refractivity contribution in [1.29, 1.82) is 0 Å². The van der Waals surface area contributed by atoms with Gasteiger partial charge in [-0.05, 0) is 119 Å². The van der Waals surface area contributed by atoms with E-state index in [9.17, 15) is 4.79 Å². The smallest absolute Gasteiger partial charge is 0.224 e. The molecule has 0 aliphatic carbocycles. The molecule has 2 aromatic carbocycles. The van der Waals surface area contributed by atoms with Crippen LogP contribution in [0.25, 0.3) is 5.69 Å². The highest BCUT2D eigenvalue weighted by Crippen LogP contribution is 2.44. The van der Waals surface area contributed by atoms with Crippen LogP contribution in [0.4, 0.5) is 17.1 Å². The second kappa shape index (κ2) is 12.4. The van der Waals surface area contributed by atoms with Crippen molar-refractivity contribution in [2.24, 2.45) is 0 Å². The molecule has 0 radical (unpaired) electrons. The molecule has 2 aromatic heterocycles. The van der Waals surface area contributed by atoms with E-state index in [0.29, 0.717) is 11.5 Å². The van der Waals surface area contributed by atoms with Crippen LogP contribution < -0.4 is 20.4 Å². The lowest BCUT2D eigenvalue weighted by Gasteiger charge is -2.29. The fraction of sp³-hybridized carbons (Fsp3) is 0.324. The molecular formula is C34H40N6OS. The van der Waals surface area contributed by atoms with Gasteiger partial charge in [-0.25, -0.2) is 0 Å². The van der Waals surface area contributed by atoms with Gasteiger partial charge in [-0.15, -0.1) is 0 Å². The van der Waals surface area contributed by atoms with Crippen LogP contribution in [0.15, 0.2) is 72.9 Å². The normalized spacial score (nSPS) is 16.4. The molecule has 0 bridgehead atoms. The largest absolute Gasteiger partial charge is 0.372 e.